The number of rotatable bonds is 4. The molecule has 1 atom stereocenters. The first-order valence-corrected chi connectivity index (χ1v) is 7.44. The van der Waals surface area contributed by atoms with Gasteiger partial charge in [-0.15, -0.1) is 0 Å². The third kappa shape index (κ3) is 4.20. The van der Waals surface area contributed by atoms with Crippen LogP contribution in [-0.4, -0.2) is 30.6 Å². The van der Waals surface area contributed by atoms with Gasteiger partial charge < -0.3 is 10.2 Å². The van der Waals surface area contributed by atoms with Crippen LogP contribution in [0.3, 0.4) is 0 Å². The molecule has 0 radical (unpaired) electrons. The Morgan fingerprint density at radius 3 is 2.89 bits per heavy atom. The predicted octanol–water partition coefficient (Wildman–Crippen LogP) is 3.81. The number of aryl methyl sites for hydroxylation is 1. The van der Waals surface area contributed by atoms with Gasteiger partial charge in [0.15, 0.2) is 0 Å². The van der Waals surface area contributed by atoms with Gasteiger partial charge in [-0.3, -0.25) is 0 Å². The standard InChI is InChI=1S/C16H25FN2/c1-3-9-19-10-4-5-14(8-11-19)18-15-6-7-16(17)13(2)12-15/h6-7,12,14,18H,3-5,8-11H2,1-2H3. The van der Waals surface area contributed by atoms with E-state index in [9.17, 15) is 4.39 Å². The highest BCUT2D eigenvalue weighted by Gasteiger charge is 2.16. The maximum absolute atomic E-state index is 13.2. The van der Waals surface area contributed by atoms with Crippen molar-refractivity contribution in [3.8, 4) is 0 Å². The summed E-state index contributed by atoms with van der Waals surface area (Å²) >= 11 is 0. The number of likely N-dealkylation sites (tertiary alicyclic amines) is 1. The monoisotopic (exact) mass is 264 g/mol. The Labute approximate surface area is 116 Å². The van der Waals surface area contributed by atoms with E-state index in [1.165, 1.54) is 45.3 Å². The van der Waals surface area contributed by atoms with Gasteiger partial charge in [0.05, 0.1) is 0 Å². The summed E-state index contributed by atoms with van der Waals surface area (Å²) in [5.41, 5.74) is 1.76. The quantitative estimate of drug-likeness (QED) is 0.889. The van der Waals surface area contributed by atoms with Crippen molar-refractivity contribution in [1.82, 2.24) is 4.90 Å². The second-order valence-electron chi connectivity index (χ2n) is 5.58. The molecule has 1 aromatic carbocycles. The highest BCUT2D eigenvalue weighted by atomic mass is 19.1. The first-order chi connectivity index (χ1) is 9.19. The summed E-state index contributed by atoms with van der Waals surface area (Å²) in [4.78, 5) is 2.55. The van der Waals surface area contributed by atoms with Crippen molar-refractivity contribution in [1.29, 1.82) is 0 Å². The Morgan fingerprint density at radius 2 is 2.16 bits per heavy atom. The Balaban J connectivity index is 1.90. The average molecular weight is 264 g/mol. The molecule has 1 aromatic rings. The van der Waals surface area contributed by atoms with Gasteiger partial charge in [-0.2, -0.15) is 0 Å². The molecule has 3 heteroatoms. The molecule has 1 aliphatic heterocycles. The molecule has 0 saturated carbocycles. The number of nitrogens with one attached hydrogen (secondary N) is 1. The predicted molar refractivity (Wildman–Crippen MR) is 79.1 cm³/mol. The Bertz CT molecular complexity index is 406. The van der Waals surface area contributed by atoms with E-state index in [1.807, 2.05) is 19.1 Å². The summed E-state index contributed by atoms with van der Waals surface area (Å²) in [5, 5.41) is 3.56. The molecule has 2 rings (SSSR count). The van der Waals surface area contributed by atoms with Gasteiger partial charge in [0.25, 0.3) is 0 Å². The van der Waals surface area contributed by atoms with E-state index < -0.39 is 0 Å². The molecule has 1 aliphatic rings. The third-order valence-corrected chi connectivity index (χ3v) is 3.89. The number of benzene rings is 1. The van der Waals surface area contributed by atoms with Crippen molar-refractivity contribution in [2.75, 3.05) is 25.0 Å². The minimum absolute atomic E-state index is 0.125. The molecule has 1 heterocycles. The van der Waals surface area contributed by atoms with Crippen molar-refractivity contribution >= 4 is 5.69 Å². The number of anilines is 1. The molecule has 19 heavy (non-hydrogen) atoms. The molecule has 0 bridgehead atoms. The van der Waals surface area contributed by atoms with Gasteiger partial charge in [0, 0.05) is 18.3 Å². The molecule has 1 N–H and O–H groups in total. The van der Waals surface area contributed by atoms with E-state index in [-0.39, 0.29) is 5.82 Å². The van der Waals surface area contributed by atoms with Gasteiger partial charge >= 0.3 is 0 Å². The van der Waals surface area contributed by atoms with Crippen LogP contribution in [0.25, 0.3) is 0 Å². The lowest BCUT2D eigenvalue weighted by Gasteiger charge is -2.20. The van der Waals surface area contributed by atoms with Crippen LogP contribution in [0.2, 0.25) is 0 Å². The second kappa shape index (κ2) is 6.90. The van der Waals surface area contributed by atoms with E-state index in [0.29, 0.717) is 11.6 Å². The topological polar surface area (TPSA) is 15.3 Å². The van der Waals surface area contributed by atoms with Gasteiger partial charge in [-0.05, 0) is 69.5 Å². The molecule has 0 aliphatic carbocycles. The van der Waals surface area contributed by atoms with Gasteiger partial charge in [-0.25, -0.2) is 4.39 Å². The Kier molecular flexibility index (Phi) is 5.20. The van der Waals surface area contributed by atoms with E-state index in [2.05, 4.69) is 17.1 Å². The first-order valence-electron chi connectivity index (χ1n) is 7.44. The summed E-state index contributed by atoms with van der Waals surface area (Å²) in [5.74, 6) is -0.125. The summed E-state index contributed by atoms with van der Waals surface area (Å²) in [6, 6.07) is 5.82. The van der Waals surface area contributed by atoms with Crippen LogP contribution in [0.5, 0.6) is 0 Å². The summed E-state index contributed by atoms with van der Waals surface area (Å²) in [7, 11) is 0. The maximum Gasteiger partial charge on any atom is 0.126 e. The van der Waals surface area contributed by atoms with Gasteiger partial charge in [-0.1, -0.05) is 6.92 Å². The van der Waals surface area contributed by atoms with Crippen LogP contribution < -0.4 is 5.32 Å². The van der Waals surface area contributed by atoms with Crippen molar-refractivity contribution in [3.05, 3.63) is 29.6 Å². The number of hydrogen-bond donors (Lipinski definition) is 1. The molecule has 0 spiro atoms. The lowest BCUT2D eigenvalue weighted by molar-refractivity contribution is 0.285. The largest absolute Gasteiger partial charge is 0.382 e. The highest BCUT2D eigenvalue weighted by Crippen LogP contribution is 2.19. The SMILES string of the molecule is CCCN1CCCC(Nc2ccc(F)c(C)c2)CC1. The third-order valence-electron chi connectivity index (χ3n) is 3.89. The lowest BCUT2D eigenvalue weighted by atomic mass is 10.1. The lowest BCUT2D eigenvalue weighted by Crippen LogP contribution is -2.27. The van der Waals surface area contributed by atoms with Crippen molar-refractivity contribution in [2.45, 2.75) is 45.6 Å². The van der Waals surface area contributed by atoms with Gasteiger partial charge in [0.1, 0.15) is 5.82 Å². The smallest absolute Gasteiger partial charge is 0.126 e. The molecule has 1 fully saturated rings. The Morgan fingerprint density at radius 1 is 1.32 bits per heavy atom. The molecule has 2 nitrogen and oxygen atoms in total. The molecule has 0 aromatic heterocycles. The molecule has 1 unspecified atom stereocenters. The van der Waals surface area contributed by atoms with Crippen LogP contribution in [-0.2, 0) is 0 Å². The summed E-state index contributed by atoms with van der Waals surface area (Å²) in [6.07, 6.45) is 4.86. The normalized spacial score (nSPS) is 21.1. The zero-order chi connectivity index (χ0) is 13.7. The number of nitrogens with zero attached hydrogens (tertiary/aromatic N) is 1. The van der Waals surface area contributed by atoms with Gasteiger partial charge in [0.2, 0.25) is 0 Å². The molecule has 1 saturated heterocycles. The van der Waals surface area contributed by atoms with Crippen LogP contribution >= 0.6 is 0 Å². The fourth-order valence-corrected chi connectivity index (χ4v) is 2.81. The van der Waals surface area contributed by atoms with Crippen LogP contribution in [0.4, 0.5) is 10.1 Å². The van der Waals surface area contributed by atoms with Crippen molar-refractivity contribution in [2.24, 2.45) is 0 Å². The molecule has 106 valence electrons. The number of hydrogen-bond acceptors (Lipinski definition) is 2. The van der Waals surface area contributed by atoms with E-state index in [1.54, 1.807) is 6.07 Å². The zero-order valence-corrected chi connectivity index (χ0v) is 12.1. The van der Waals surface area contributed by atoms with Crippen molar-refractivity contribution < 1.29 is 4.39 Å². The summed E-state index contributed by atoms with van der Waals surface area (Å²) in [6.45, 7) is 7.65. The van der Waals surface area contributed by atoms with Crippen LogP contribution in [0.15, 0.2) is 18.2 Å². The fourth-order valence-electron chi connectivity index (χ4n) is 2.81. The highest BCUT2D eigenvalue weighted by molar-refractivity contribution is 5.46. The molecular weight excluding hydrogens is 239 g/mol. The molecule has 0 amide bonds. The minimum Gasteiger partial charge on any atom is -0.382 e. The second-order valence-corrected chi connectivity index (χ2v) is 5.58. The maximum atomic E-state index is 13.2. The molecular formula is C16H25FN2. The first kappa shape index (κ1) is 14.3. The van der Waals surface area contributed by atoms with Crippen LogP contribution in [0.1, 0.15) is 38.2 Å². The minimum atomic E-state index is -0.125. The van der Waals surface area contributed by atoms with Crippen LogP contribution in [0, 0.1) is 12.7 Å². The van der Waals surface area contributed by atoms with Crippen molar-refractivity contribution in [3.63, 3.8) is 0 Å². The van der Waals surface area contributed by atoms with E-state index in [4.69, 9.17) is 0 Å². The van der Waals surface area contributed by atoms with E-state index in [0.717, 1.165) is 5.69 Å². The zero-order valence-electron chi connectivity index (χ0n) is 12.1. The Hall–Kier alpha value is -1.09. The van der Waals surface area contributed by atoms with E-state index >= 15 is 0 Å². The summed E-state index contributed by atoms with van der Waals surface area (Å²) < 4.78 is 13.2. The fraction of sp³-hybridized carbons (Fsp3) is 0.625. The number of halogens is 1. The average Bonchev–Trinajstić information content (AvgIpc) is 2.60.